The van der Waals surface area contributed by atoms with Crippen LogP contribution in [0.4, 0.5) is 5.82 Å². The molecule has 2 aromatic carbocycles. The van der Waals surface area contributed by atoms with Gasteiger partial charge in [0.1, 0.15) is 12.4 Å². The Morgan fingerprint density at radius 2 is 2.08 bits per heavy atom. The number of benzene rings is 2. The molecule has 122 valence electrons. The predicted molar refractivity (Wildman–Crippen MR) is 95.6 cm³/mol. The molecule has 1 amide bonds. The Balaban J connectivity index is 1.82. The zero-order valence-corrected chi connectivity index (χ0v) is 13.5. The van der Waals surface area contributed by atoms with Gasteiger partial charge in [-0.25, -0.2) is 0 Å². The maximum atomic E-state index is 12.4. The number of amides is 1. The summed E-state index contributed by atoms with van der Waals surface area (Å²) in [5.74, 6) is 0.994. The number of aryl methyl sites for hydroxylation is 1. The first-order valence-electron chi connectivity index (χ1n) is 7.83. The number of H-pyrrole nitrogens is 1. The van der Waals surface area contributed by atoms with Gasteiger partial charge in [0.15, 0.2) is 5.82 Å². The van der Waals surface area contributed by atoms with Gasteiger partial charge in [-0.3, -0.25) is 9.89 Å². The van der Waals surface area contributed by atoms with Crippen molar-refractivity contribution in [1.29, 1.82) is 0 Å². The zero-order chi connectivity index (χ0) is 16.9. The van der Waals surface area contributed by atoms with Crippen molar-refractivity contribution in [3.8, 4) is 5.75 Å². The summed E-state index contributed by atoms with van der Waals surface area (Å²) < 4.78 is 5.53. The summed E-state index contributed by atoms with van der Waals surface area (Å²) in [5, 5.41) is 10.7. The summed E-state index contributed by atoms with van der Waals surface area (Å²) in [4.78, 5) is 12.4. The van der Waals surface area contributed by atoms with E-state index in [9.17, 15) is 4.79 Å². The number of nitrogens with one attached hydrogen (secondary N) is 2. The summed E-state index contributed by atoms with van der Waals surface area (Å²) in [6.45, 7) is 6.14. The minimum atomic E-state index is -0.191. The van der Waals surface area contributed by atoms with Crippen molar-refractivity contribution < 1.29 is 9.53 Å². The van der Waals surface area contributed by atoms with Gasteiger partial charge in [-0.1, -0.05) is 31.7 Å². The third kappa shape index (κ3) is 3.30. The second-order valence-corrected chi connectivity index (χ2v) is 5.38. The highest BCUT2D eigenvalue weighted by molar-refractivity contribution is 6.08. The van der Waals surface area contributed by atoms with E-state index in [1.54, 1.807) is 6.08 Å². The number of anilines is 1. The number of rotatable bonds is 6. The van der Waals surface area contributed by atoms with Crippen LogP contribution in [0.15, 0.2) is 55.1 Å². The molecule has 0 aliphatic heterocycles. The molecule has 5 heteroatoms. The SMILES string of the molecule is C=CCOc1ccc2[nH]nc(NC(=O)c3ccc(CC)cc3)c2c1. The number of carbonyl (C=O) groups is 1. The molecule has 0 fully saturated rings. The molecule has 0 unspecified atom stereocenters. The topological polar surface area (TPSA) is 67.0 Å². The van der Waals surface area contributed by atoms with Crippen LogP contribution in [-0.2, 0) is 6.42 Å². The average Bonchev–Trinajstić information content (AvgIpc) is 3.02. The lowest BCUT2D eigenvalue weighted by Gasteiger charge is -2.05. The number of aromatic nitrogens is 2. The zero-order valence-electron chi connectivity index (χ0n) is 13.5. The van der Waals surface area contributed by atoms with Crippen molar-refractivity contribution in [2.45, 2.75) is 13.3 Å². The molecule has 5 nitrogen and oxygen atoms in total. The average molecular weight is 321 g/mol. The van der Waals surface area contributed by atoms with Gasteiger partial charge in [-0.15, -0.1) is 0 Å². The van der Waals surface area contributed by atoms with Gasteiger partial charge in [0.2, 0.25) is 0 Å². The van der Waals surface area contributed by atoms with Crippen molar-refractivity contribution in [3.05, 3.63) is 66.2 Å². The minimum Gasteiger partial charge on any atom is -0.490 e. The first-order valence-corrected chi connectivity index (χ1v) is 7.83. The molecule has 2 N–H and O–H groups in total. The lowest BCUT2D eigenvalue weighted by Crippen LogP contribution is -2.12. The third-order valence-electron chi connectivity index (χ3n) is 3.76. The summed E-state index contributed by atoms with van der Waals surface area (Å²) in [5.41, 5.74) is 2.63. The van der Waals surface area contributed by atoms with Crippen LogP contribution in [0.25, 0.3) is 10.9 Å². The third-order valence-corrected chi connectivity index (χ3v) is 3.76. The van der Waals surface area contributed by atoms with E-state index in [1.165, 1.54) is 5.56 Å². The summed E-state index contributed by atoms with van der Waals surface area (Å²) in [7, 11) is 0. The Bertz CT molecular complexity index is 866. The molecule has 1 aromatic heterocycles. The molecule has 0 aliphatic carbocycles. The highest BCUT2D eigenvalue weighted by Crippen LogP contribution is 2.25. The van der Waals surface area contributed by atoms with Crippen LogP contribution in [-0.4, -0.2) is 22.7 Å². The number of hydrogen-bond acceptors (Lipinski definition) is 3. The first-order chi connectivity index (χ1) is 11.7. The van der Waals surface area contributed by atoms with E-state index in [2.05, 4.69) is 29.0 Å². The molecule has 0 spiro atoms. The van der Waals surface area contributed by atoms with Crippen LogP contribution in [0.5, 0.6) is 5.75 Å². The van der Waals surface area contributed by atoms with Crippen molar-refractivity contribution in [2.24, 2.45) is 0 Å². The summed E-state index contributed by atoms with van der Waals surface area (Å²) in [6, 6.07) is 13.1. The molecule has 0 atom stereocenters. The molecular weight excluding hydrogens is 302 g/mol. The summed E-state index contributed by atoms with van der Waals surface area (Å²) in [6.07, 6.45) is 2.63. The smallest absolute Gasteiger partial charge is 0.256 e. The van der Waals surface area contributed by atoms with Crippen LogP contribution in [0, 0.1) is 0 Å². The molecule has 3 rings (SSSR count). The number of fused-ring (bicyclic) bond motifs is 1. The highest BCUT2D eigenvalue weighted by atomic mass is 16.5. The normalized spacial score (nSPS) is 10.5. The van der Waals surface area contributed by atoms with E-state index in [1.807, 2.05) is 42.5 Å². The van der Waals surface area contributed by atoms with Gasteiger partial charge in [-0.05, 0) is 42.3 Å². The Morgan fingerprint density at radius 3 is 2.79 bits per heavy atom. The van der Waals surface area contributed by atoms with Crippen LogP contribution in [0.2, 0.25) is 0 Å². The molecule has 0 bridgehead atoms. The Morgan fingerprint density at radius 1 is 1.29 bits per heavy atom. The molecule has 1 heterocycles. The minimum absolute atomic E-state index is 0.191. The monoisotopic (exact) mass is 321 g/mol. The van der Waals surface area contributed by atoms with E-state index in [0.29, 0.717) is 23.7 Å². The van der Waals surface area contributed by atoms with E-state index < -0.39 is 0 Å². The number of hydrogen-bond donors (Lipinski definition) is 2. The largest absolute Gasteiger partial charge is 0.490 e. The van der Waals surface area contributed by atoms with Crippen LogP contribution in [0.1, 0.15) is 22.8 Å². The number of aromatic amines is 1. The van der Waals surface area contributed by atoms with Gasteiger partial charge >= 0.3 is 0 Å². The van der Waals surface area contributed by atoms with E-state index in [0.717, 1.165) is 17.3 Å². The van der Waals surface area contributed by atoms with Crippen molar-refractivity contribution >= 4 is 22.6 Å². The predicted octanol–water partition coefficient (Wildman–Crippen LogP) is 3.94. The lowest BCUT2D eigenvalue weighted by molar-refractivity contribution is 0.102. The molecule has 0 aliphatic rings. The van der Waals surface area contributed by atoms with E-state index in [-0.39, 0.29) is 5.91 Å². The molecule has 0 radical (unpaired) electrons. The number of carbonyl (C=O) groups excluding carboxylic acids is 1. The second-order valence-electron chi connectivity index (χ2n) is 5.38. The van der Waals surface area contributed by atoms with Crippen molar-refractivity contribution in [2.75, 3.05) is 11.9 Å². The van der Waals surface area contributed by atoms with Gasteiger partial charge in [-0.2, -0.15) is 5.10 Å². The highest BCUT2D eigenvalue weighted by Gasteiger charge is 2.12. The van der Waals surface area contributed by atoms with Gasteiger partial charge in [0.05, 0.1) is 5.52 Å². The molecule has 24 heavy (non-hydrogen) atoms. The fourth-order valence-corrected chi connectivity index (χ4v) is 2.40. The maximum Gasteiger partial charge on any atom is 0.256 e. The van der Waals surface area contributed by atoms with Gasteiger partial charge in [0, 0.05) is 10.9 Å². The summed E-state index contributed by atoms with van der Waals surface area (Å²) >= 11 is 0. The number of nitrogens with zero attached hydrogens (tertiary/aromatic N) is 1. The lowest BCUT2D eigenvalue weighted by atomic mass is 10.1. The van der Waals surface area contributed by atoms with Crippen molar-refractivity contribution in [3.63, 3.8) is 0 Å². The fourth-order valence-electron chi connectivity index (χ4n) is 2.40. The number of ether oxygens (including phenoxy) is 1. The Hall–Kier alpha value is -3.08. The standard InChI is InChI=1S/C19H19N3O2/c1-3-11-24-15-9-10-17-16(12-15)18(22-21-17)20-19(23)14-7-5-13(4-2)6-8-14/h3,5-10,12H,1,4,11H2,2H3,(H2,20,21,22,23). The van der Waals surface area contributed by atoms with Crippen LogP contribution >= 0.6 is 0 Å². The Kier molecular flexibility index (Phi) is 4.61. The Labute approximate surface area is 140 Å². The van der Waals surface area contributed by atoms with Crippen LogP contribution < -0.4 is 10.1 Å². The molecule has 0 saturated carbocycles. The second kappa shape index (κ2) is 7.00. The maximum absolute atomic E-state index is 12.4. The quantitative estimate of drug-likeness (QED) is 0.676. The van der Waals surface area contributed by atoms with Crippen molar-refractivity contribution in [1.82, 2.24) is 10.2 Å². The van der Waals surface area contributed by atoms with Crippen LogP contribution in [0.3, 0.4) is 0 Å². The molecule has 0 saturated heterocycles. The molecule has 3 aromatic rings. The van der Waals surface area contributed by atoms with E-state index >= 15 is 0 Å². The van der Waals surface area contributed by atoms with Gasteiger partial charge < -0.3 is 10.1 Å². The molecular formula is C19H19N3O2. The van der Waals surface area contributed by atoms with E-state index in [4.69, 9.17) is 4.74 Å². The van der Waals surface area contributed by atoms with Gasteiger partial charge in [0.25, 0.3) is 5.91 Å². The first kappa shape index (κ1) is 15.8. The fraction of sp³-hybridized carbons (Fsp3) is 0.158.